The average Bonchev–Trinajstić information content (AvgIpc) is 2.40. The van der Waals surface area contributed by atoms with Gasteiger partial charge in [0.05, 0.1) is 12.4 Å². The Labute approximate surface area is 129 Å². The number of rotatable bonds is 8. The van der Waals surface area contributed by atoms with Gasteiger partial charge >= 0.3 is 5.97 Å². The number of para-hydroxylation sites is 1. The summed E-state index contributed by atoms with van der Waals surface area (Å²) in [5.74, 6) is -0.337. The molecule has 0 aliphatic heterocycles. The molecule has 0 radical (unpaired) electrons. The van der Waals surface area contributed by atoms with Gasteiger partial charge in [0, 0.05) is 16.3 Å². The maximum absolute atomic E-state index is 11.9. The molecular weight excluding hydrogens is 312 g/mol. The molecule has 0 bridgehead atoms. The fourth-order valence-corrected chi connectivity index (χ4v) is 4.11. The van der Waals surface area contributed by atoms with Crippen LogP contribution in [0.1, 0.15) is 13.8 Å². The standard InChI is InChI=1S/C13H20N2O4S2/c1-3-19-13(16)10(2)15-21(17,18)9-8-20-12-7-5-4-6-11(12)14/h4-7,10,15H,3,8-9,14H2,1-2H3. The third-order valence-corrected chi connectivity index (χ3v) is 5.33. The lowest BCUT2D eigenvalue weighted by Gasteiger charge is -2.13. The van der Waals surface area contributed by atoms with Gasteiger partial charge in [0.1, 0.15) is 6.04 Å². The molecule has 0 heterocycles. The van der Waals surface area contributed by atoms with Crippen LogP contribution in [-0.2, 0) is 19.6 Å². The van der Waals surface area contributed by atoms with E-state index in [0.717, 1.165) is 4.90 Å². The van der Waals surface area contributed by atoms with Gasteiger partial charge in [-0.3, -0.25) is 4.79 Å². The van der Waals surface area contributed by atoms with Crippen LogP contribution in [0.5, 0.6) is 0 Å². The number of thioether (sulfide) groups is 1. The average molecular weight is 332 g/mol. The van der Waals surface area contributed by atoms with Crippen molar-refractivity contribution in [1.82, 2.24) is 4.72 Å². The second-order valence-electron chi connectivity index (χ2n) is 4.30. The normalized spacial score (nSPS) is 12.9. The number of nitrogen functional groups attached to an aromatic ring is 1. The van der Waals surface area contributed by atoms with Crippen molar-refractivity contribution < 1.29 is 17.9 Å². The number of hydrogen-bond donors (Lipinski definition) is 2. The molecule has 0 amide bonds. The van der Waals surface area contributed by atoms with Crippen molar-refractivity contribution >= 4 is 33.4 Å². The number of sulfonamides is 1. The van der Waals surface area contributed by atoms with Gasteiger partial charge in [-0.1, -0.05) is 12.1 Å². The summed E-state index contributed by atoms with van der Waals surface area (Å²) in [5.41, 5.74) is 6.40. The summed E-state index contributed by atoms with van der Waals surface area (Å²) in [6, 6.07) is 6.37. The quantitative estimate of drug-likeness (QED) is 0.422. The van der Waals surface area contributed by atoms with Crippen molar-refractivity contribution in [2.45, 2.75) is 24.8 Å². The Kier molecular flexibility index (Phi) is 7.00. The second kappa shape index (κ2) is 8.26. The summed E-state index contributed by atoms with van der Waals surface area (Å²) >= 11 is 1.36. The fraction of sp³-hybridized carbons (Fsp3) is 0.462. The molecule has 0 saturated heterocycles. The Bertz CT molecular complexity index is 575. The molecule has 1 aromatic rings. The Balaban J connectivity index is 2.46. The van der Waals surface area contributed by atoms with Crippen molar-refractivity contribution in [3.05, 3.63) is 24.3 Å². The van der Waals surface area contributed by atoms with Gasteiger partial charge in [0.2, 0.25) is 10.0 Å². The van der Waals surface area contributed by atoms with Gasteiger partial charge in [0.25, 0.3) is 0 Å². The molecule has 118 valence electrons. The molecule has 8 heteroatoms. The smallest absolute Gasteiger partial charge is 0.323 e. The number of ether oxygens (including phenoxy) is 1. The third-order valence-electron chi connectivity index (χ3n) is 2.53. The van der Waals surface area contributed by atoms with E-state index in [0.29, 0.717) is 11.4 Å². The van der Waals surface area contributed by atoms with Crippen molar-refractivity contribution in [2.24, 2.45) is 0 Å². The van der Waals surface area contributed by atoms with Gasteiger partial charge in [-0.15, -0.1) is 11.8 Å². The van der Waals surface area contributed by atoms with Crippen molar-refractivity contribution in [2.75, 3.05) is 23.8 Å². The summed E-state index contributed by atoms with van der Waals surface area (Å²) in [4.78, 5) is 12.2. The number of benzene rings is 1. The Hall–Kier alpha value is -1.25. The molecule has 6 nitrogen and oxygen atoms in total. The number of anilines is 1. The van der Waals surface area contributed by atoms with Crippen LogP contribution in [0, 0.1) is 0 Å². The van der Waals surface area contributed by atoms with Crippen molar-refractivity contribution in [3.63, 3.8) is 0 Å². The minimum atomic E-state index is -3.54. The lowest BCUT2D eigenvalue weighted by molar-refractivity contribution is -0.144. The van der Waals surface area contributed by atoms with Crippen LogP contribution in [0.4, 0.5) is 5.69 Å². The molecule has 0 aliphatic carbocycles. The van der Waals surface area contributed by atoms with Crippen LogP contribution < -0.4 is 10.5 Å². The van der Waals surface area contributed by atoms with E-state index in [1.807, 2.05) is 18.2 Å². The molecule has 1 aromatic carbocycles. The lowest BCUT2D eigenvalue weighted by atomic mass is 10.3. The number of hydrogen-bond acceptors (Lipinski definition) is 6. The van der Waals surface area contributed by atoms with Crippen LogP contribution in [0.25, 0.3) is 0 Å². The maximum Gasteiger partial charge on any atom is 0.323 e. The Morgan fingerprint density at radius 1 is 1.43 bits per heavy atom. The largest absolute Gasteiger partial charge is 0.465 e. The predicted octanol–water partition coefficient (Wildman–Crippen LogP) is 1.23. The fourth-order valence-electron chi connectivity index (χ4n) is 1.52. The van der Waals surface area contributed by atoms with Crippen LogP contribution in [-0.4, -0.2) is 38.5 Å². The van der Waals surface area contributed by atoms with E-state index < -0.39 is 22.0 Å². The number of nitrogens with two attached hydrogens (primary N) is 1. The lowest BCUT2D eigenvalue weighted by Crippen LogP contribution is -2.41. The summed E-state index contributed by atoms with van der Waals surface area (Å²) < 4.78 is 30.8. The Morgan fingerprint density at radius 2 is 2.10 bits per heavy atom. The van der Waals surface area contributed by atoms with E-state index in [9.17, 15) is 13.2 Å². The number of esters is 1. The highest BCUT2D eigenvalue weighted by molar-refractivity contribution is 8.00. The third kappa shape index (κ3) is 6.36. The van der Waals surface area contributed by atoms with Crippen molar-refractivity contribution in [3.8, 4) is 0 Å². The monoisotopic (exact) mass is 332 g/mol. The first kappa shape index (κ1) is 17.8. The van der Waals surface area contributed by atoms with Crippen LogP contribution in [0.2, 0.25) is 0 Å². The van der Waals surface area contributed by atoms with E-state index in [-0.39, 0.29) is 12.4 Å². The first-order valence-electron chi connectivity index (χ1n) is 6.49. The zero-order valence-corrected chi connectivity index (χ0v) is 13.7. The molecule has 0 aliphatic rings. The maximum atomic E-state index is 11.9. The van der Waals surface area contributed by atoms with Crippen LogP contribution >= 0.6 is 11.8 Å². The molecule has 0 aromatic heterocycles. The molecule has 0 spiro atoms. The van der Waals surface area contributed by atoms with Crippen LogP contribution in [0.3, 0.4) is 0 Å². The van der Waals surface area contributed by atoms with Gasteiger partial charge < -0.3 is 10.5 Å². The molecule has 1 unspecified atom stereocenters. The van der Waals surface area contributed by atoms with Gasteiger partial charge in [0.15, 0.2) is 0 Å². The Morgan fingerprint density at radius 3 is 2.71 bits per heavy atom. The van der Waals surface area contributed by atoms with E-state index >= 15 is 0 Å². The highest BCUT2D eigenvalue weighted by atomic mass is 32.2. The second-order valence-corrected chi connectivity index (χ2v) is 7.31. The van der Waals surface area contributed by atoms with Crippen LogP contribution in [0.15, 0.2) is 29.2 Å². The molecule has 0 fully saturated rings. The van der Waals surface area contributed by atoms with Gasteiger partial charge in [-0.2, -0.15) is 0 Å². The summed E-state index contributed by atoms with van der Waals surface area (Å²) in [5, 5.41) is 0. The molecule has 1 rings (SSSR count). The van der Waals surface area contributed by atoms with Gasteiger partial charge in [-0.05, 0) is 26.0 Å². The summed E-state index contributed by atoms with van der Waals surface area (Å²) in [7, 11) is -3.54. The summed E-state index contributed by atoms with van der Waals surface area (Å²) in [6.45, 7) is 3.34. The van der Waals surface area contributed by atoms with E-state index in [2.05, 4.69) is 4.72 Å². The van der Waals surface area contributed by atoms with E-state index in [1.165, 1.54) is 18.7 Å². The minimum absolute atomic E-state index is 0.101. The SMILES string of the molecule is CCOC(=O)C(C)NS(=O)(=O)CCSc1ccccc1N. The molecular formula is C13H20N2O4S2. The zero-order valence-electron chi connectivity index (χ0n) is 12.0. The number of carbonyl (C=O) groups excluding carboxylic acids is 1. The number of nitrogens with one attached hydrogen (secondary N) is 1. The predicted molar refractivity (Wildman–Crippen MR) is 84.6 cm³/mol. The van der Waals surface area contributed by atoms with Gasteiger partial charge in [-0.25, -0.2) is 13.1 Å². The number of carbonyl (C=O) groups is 1. The highest BCUT2D eigenvalue weighted by Gasteiger charge is 2.21. The van der Waals surface area contributed by atoms with E-state index in [1.54, 1.807) is 13.0 Å². The first-order valence-corrected chi connectivity index (χ1v) is 9.13. The first-order chi connectivity index (χ1) is 9.85. The molecule has 3 N–H and O–H groups in total. The molecule has 0 saturated carbocycles. The topological polar surface area (TPSA) is 98.5 Å². The molecule has 1 atom stereocenters. The zero-order chi connectivity index (χ0) is 15.9. The molecule has 21 heavy (non-hydrogen) atoms. The minimum Gasteiger partial charge on any atom is -0.465 e. The highest BCUT2D eigenvalue weighted by Crippen LogP contribution is 2.24. The van der Waals surface area contributed by atoms with Crippen molar-refractivity contribution in [1.29, 1.82) is 0 Å². The summed E-state index contributed by atoms with van der Waals surface area (Å²) in [6.07, 6.45) is 0. The van der Waals surface area contributed by atoms with E-state index in [4.69, 9.17) is 10.5 Å².